The van der Waals surface area contributed by atoms with Crippen LogP contribution >= 0.6 is 0 Å². The third-order valence-corrected chi connectivity index (χ3v) is 3.61. The van der Waals surface area contributed by atoms with E-state index in [1.54, 1.807) is 4.90 Å². The van der Waals surface area contributed by atoms with Crippen molar-refractivity contribution in [2.75, 3.05) is 13.6 Å². The number of nitrogens with zero attached hydrogens (tertiary/aromatic N) is 1. The zero-order valence-corrected chi connectivity index (χ0v) is 12.1. The van der Waals surface area contributed by atoms with Crippen LogP contribution in [0.25, 0.3) is 0 Å². The number of rotatable bonds is 6. The van der Waals surface area contributed by atoms with Crippen LogP contribution in [0.1, 0.15) is 43.7 Å². The fraction of sp³-hybridized carbons (Fsp3) is 0.562. The van der Waals surface area contributed by atoms with Gasteiger partial charge in [0.1, 0.15) is 0 Å². The summed E-state index contributed by atoms with van der Waals surface area (Å²) in [6.45, 7) is 5.53. The van der Waals surface area contributed by atoms with Crippen LogP contribution in [-0.2, 0) is 11.3 Å². The smallest absolute Gasteiger partial charge is 0.236 e. The number of likely N-dealkylation sites (N-methyl/N-ethyl adjacent to an activating group) is 1. The minimum Gasteiger partial charge on any atom is -0.340 e. The predicted molar refractivity (Wildman–Crippen MR) is 78.0 cm³/mol. The molecular formula is C16H24N2O. The van der Waals surface area contributed by atoms with E-state index in [-0.39, 0.29) is 5.91 Å². The number of carbonyl (C=O) groups is 1. The summed E-state index contributed by atoms with van der Waals surface area (Å²) in [5.74, 6) is 0.719. The molecule has 104 valence electrons. The Balaban J connectivity index is 1.82. The van der Waals surface area contributed by atoms with E-state index in [4.69, 9.17) is 0 Å². The Hall–Kier alpha value is -1.35. The lowest BCUT2D eigenvalue weighted by Gasteiger charge is -2.18. The van der Waals surface area contributed by atoms with E-state index in [1.165, 1.54) is 24.0 Å². The van der Waals surface area contributed by atoms with Crippen molar-refractivity contribution in [2.45, 2.75) is 45.2 Å². The molecule has 0 unspecified atom stereocenters. The van der Waals surface area contributed by atoms with Crippen LogP contribution in [0, 0.1) is 0 Å². The number of nitrogens with one attached hydrogen (secondary N) is 1. The number of hydrogen-bond donors (Lipinski definition) is 1. The first-order valence-corrected chi connectivity index (χ1v) is 7.12. The van der Waals surface area contributed by atoms with E-state index in [2.05, 4.69) is 43.4 Å². The minimum atomic E-state index is 0.167. The third kappa shape index (κ3) is 4.35. The molecule has 0 saturated heterocycles. The van der Waals surface area contributed by atoms with Gasteiger partial charge in [0.05, 0.1) is 6.54 Å². The maximum atomic E-state index is 11.9. The molecule has 1 fully saturated rings. The van der Waals surface area contributed by atoms with E-state index >= 15 is 0 Å². The van der Waals surface area contributed by atoms with Crippen molar-refractivity contribution in [3.05, 3.63) is 35.4 Å². The molecule has 3 heteroatoms. The second-order valence-electron chi connectivity index (χ2n) is 5.80. The van der Waals surface area contributed by atoms with E-state index in [9.17, 15) is 4.79 Å². The van der Waals surface area contributed by atoms with E-state index < -0.39 is 0 Å². The van der Waals surface area contributed by atoms with E-state index in [0.29, 0.717) is 25.0 Å². The van der Waals surface area contributed by atoms with Gasteiger partial charge in [-0.1, -0.05) is 38.1 Å². The van der Waals surface area contributed by atoms with Crippen molar-refractivity contribution < 1.29 is 4.79 Å². The zero-order valence-electron chi connectivity index (χ0n) is 12.1. The summed E-state index contributed by atoms with van der Waals surface area (Å²) < 4.78 is 0. The van der Waals surface area contributed by atoms with Gasteiger partial charge in [0.2, 0.25) is 5.91 Å². The summed E-state index contributed by atoms with van der Waals surface area (Å²) in [6, 6.07) is 9.13. The van der Waals surface area contributed by atoms with E-state index in [1.807, 2.05) is 7.05 Å². The van der Waals surface area contributed by atoms with Gasteiger partial charge in [-0.3, -0.25) is 4.79 Å². The molecule has 0 heterocycles. The van der Waals surface area contributed by atoms with Crippen molar-refractivity contribution in [1.82, 2.24) is 10.2 Å². The number of benzene rings is 1. The molecule has 0 aliphatic heterocycles. The fourth-order valence-electron chi connectivity index (χ4n) is 2.02. The van der Waals surface area contributed by atoms with Gasteiger partial charge in [-0.25, -0.2) is 0 Å². The van der Waals surface area contributed by atoms with Crippen LogP contribution in [0.2, 0.25) is 0 Å². The van der Waals surface area contributed by atoms with Gasteiger partial charge in [-0.2, -0.15) is 0 Å². The van der Waals surface area contributed by atoms with Crippen LogP contribution in [0.15, 0.2) is 24.3 Å². The lowest BCUT2D eigenvalue weighted by atomic mass is 10.0. The minimum absolute atomic E-state index is 0.167. The second kappa shape index (κ2) is 6.20. The molecule has 0 aromatic heterocycles. The zero-order chi connectivity index (χ0) is 13.8. The predicted octanol–water partition coefficient (Wildman–Crippen LogP) is 2.52. The lowest BCUT2D eigenvalue weighted by molar-refractivity contribution is -0.129. The quantitative estimate of drug-likeness (QED) is 0.852. The molecule has 1 aromatic carbocycles. The van der Waals surface area contributed by atoms with Crippen LogP contribution < -0.4 is 5.32 Å². The Bertz CT molecular complexity index is 421. The Morgan fingerprint density at radius 2 is 1.95 bits per heavy atom. The average Bonchev–Trinajstić information content (AvgIpc) is 3.20. The molecule has 19 heavy (non-hydrogen) atoms. The highest BCUT2D eigenvalue weighted by molar-refractivity contribution is 5.78. The molecule has 1 aromatic rings. The Kier molecular flexibility index (Phi) is 4.59. The van der Waals surface area contributed by atoms with Gasteiger partial charge in [-0.05, 0) is 29.9 Å². The van der Waals surface area contributed by atoms with Crippen LogP contribution in [0.5, 0.6) is 0 Å². The largest absolute Gasteiger partial charge is 0.340 e. The first-order chi connectivity index (χ1) is 9.06. The Morgan fingerprint density at radius 3 is 2.47 bits per heavy atom. The summed E-state index contributed by atoms with van der Waals surface area (Å²) in [7, 11) is 1.87. The van der Waals surface area contributed by atoms with Crippen molar-refractivity contribution in [1.29, 1.82) is 0 Å². The Morgan fingerprint density at radius 1 is 1.32 bits per heavy atom. The topological polar surface area (TPSA) is 32.3 Å². The fourth-order valence-corrected chi connectivity index (χ4v) is 2.02. The number of carbonyl (C=O) groups excluding carboxylic acids is 1. The van der Waals surface area contributed by atoms with Gasteiger partial charge in [0.25, 0.3) is 0 Å². The summed E-state index contributed by atoms with van der Waals surface area (Å²) >= 11 is 0. The van der Waals surface area contributed by atoms with Gasteiger partial charge < -0.3 is 10.2 Å². The van der Waals surface area contributed by atoms with Gasteiger partial charge in [-0.15, -0.1) is 0 Å². The molecule has 1 aliphatic rings. The molecule has 1 N–H and O–H groups in total. The molecule has 1 saturated carbocycles. The molecule has 0 spiro atoms. The summed E-state index contributed by atoms with van der Waals surface area (Å²) in [5, 5.41) is 3.26. The molecule has 3 nitrogen and oxygen atoms in total. The molecular weight excluding hydrogens is 236 g/mol. The van der Waals surface area contributed by atoms with Gasteiger partial charge >= 0.3 is 0 Å². The second-order valence-corrected chi connectivity index (χ2v) is 5.80. The maximum Gasteiger partial charge on any atom is 0.236 e. The first kappa shape index (κ1) is 14.1. The third-order valence-electron chi connectivity index (χ3n) is 3.61. The van der Waals surface area contributed by atoms with Crippen LogP contribution in [0.4, 0.5) is 0 Å². The summed E-state index contributed by atoms with van der Waals surface area (Å²) in [5.41, 5.74) is 2.53. The maximum absolute atomic E-state index is 11.9. The first-order valence-electron chi connectivity index (χ1n) is 7.12. The standard InChI is InChI=1S/C16H24N2O/c1-12(2)14-6-4-13(5-7-14)11-18(3)16(19)10-17-15-8-9-15/h4-7,12,15,17H,8-11H2,1-3H3. The Labute approximate surface area is 116 Å². The van der Waals surface area contributed by atoms with Gasteiger partial charge in [0.15, 0.2) is 0 Å². The lowest BCUT2D eigenvalue weighted by Crippen LogP contribution is -2.35. The molecule has 1 aliphatic carbocycles. The normalized spacial score (nSPS) is 14.7. The van der Waals surface area contributed by atoms with Crippen molar-refractivity contribution in [3.63, 3.8) is 0 Å². The average molecular weight is 260 g/mol. The van der Waals surface area contributed by atoms with Crippen molar-refractivity contribution in [3.8, 4) is 0 Å². The van der Waals surface area contributed by atoms with Crippen molar-refractivity contribution in [2.24, 2.45) is 0 Å². The highest BCUT2D eigenvalue weighted by atomic mass is 16.2. The highest BCUT2D eigenvalue weighted by Gasteiger charge is 2.21. The van der Waals surface area contributed by atoms with Crippen LogP contribution in [0.3, 0.4) is 0 Å². The molecule has 0 radical (unpaired) electrons. The highest BCUT2D eigenvalue weighted by Crippen LogP contribution is 2.18. The summed E-state index contributed by atoms with van der Waals surface area (Å²) in [6.07, 6.45) is 2.43. The number of amides is 1. The van der Waals surface area contributed by atoms with Crippen molar-refractivity contribution >= 4 is 5.91 Å². The molecule has 0 bridgehead atoms. The molecule has 1 amide bonds. The monoisotopic (exact) mass is 260 g/mol. The van der Waals surface area contributed by atoms with Gasteiger partial charge in [0, 0.05) is 19.6 Å². The number of hydrogen-bond acceptors (Lipinski definition) is 2. The van der Waals surface area contributed by atoms with E-state index in [0.717, 1.165) is 0 Å². The SMILES string of the molecule is CC(C)c1ccc(CN(C)C(=O)CNC2CC2)cc1. The summed E-state index contributed by atoms with van der Waals surface area (Å²) in [4.78, 5) is 13.7. The molecule has 0 atom stereocenters. The molecule has 2 rings (SSSR count). The van der Waals surface area contributed by atoms with Crippen LogP contribution in [-0.4, -0.2) is 30.4 Å².